The Bertz CT molecular complexity index is 828. The second kappa shape index (κ2) is 5.45. The van der Waals surface area contributed by atoms with Crippen molar-refractivity contribution >= 4 is 32.7 Å². The molecule has 0 aliphatic heterocycles. The summed E-state index contributed by atoms with van der Waals surface area (Å²) in [5.41, 5.74) is 4.49. The Hall–Kier alpha value is -1.94. The Labute approximate surface area is 132 Å². The predicted molar refractivity (Wildman–Crippen MR) is 91.7 cm³/mol. The van der Waals surface area contributed by atoms with Crippen molar-refractivity contribution in [2.24, 2.45) is 0 Å². The summed E-state index contributed by atoms with van der Waals surface area (Å²) < 4.78 is 1.02. The molecule has 0 saturated carbocycles. The van der Waals surface area contributed by atoms with Gasteiger partial charge in [-0.15, -0.1) is 0 Å². The van der Waals surface area contributed by atoms with Gasteiger partial charge in [0.05, 0.1) is 5.52 Å². The molecule has 0 amide bonds. The van der Waals surface area contributed by atoms with Crippen LogP contribution in [0, 0.1) is 13.8 Å². The van der Waals surface area contributed by atoms with Crippen LogP contribution in [0.25, 0.3) is 22.3 Å². The maximum atomic E-state index is 4.73. The molecule has 2 aromatic carbocycles. The Morgan fingerprint density at radius 3 is 2.62 bits per heavy atom. The van der Waals surface area contributed by atoms with Crippen LogP contribution in [0.4, 0.5) is 5.82 Å². The number of benzene rings is 2. The molecule has 106 valence electrons. The van der Waals surface area contributed by atoms with Gasteiger partial charge in [-0.2, -0.15) is 0 Å². The number of halogens is 1. The summed E-state index contributed by atoms with van der Waals surface area (Å²) in [5, 5.41) is 4.18. The number of rotatable bonds is 2. The van der Waals surface area contributed by atoms with Gasteiger partial charge in [0.1, 0.15) is 5.82 Å². The van der Waals surface area contributed by atoms with E-state index in [9.17, 15) is 0 Å². The highest BCUT2D eigenvalue weighted by Crippen LogP contribution is 2.29. The number of nitrogens with zero attached hydrogens (tertiary/aromatic N) is 2. The lowest BCUT2D eigenvalue weighted by atomic mass is 10.0. The summed E-state index contributed by atoms with van der Waals surface area (Å²) in [6.07, 6.45) is 0. The Morgan fingerprint density at radius 1 is 1.05 bits per heavy atom. The molecule has 0 aliphatic rings. The van der Waals surface area contributed by atoms with Crippen LogP contribution in [-0.4, -0.2) is 17.0 Å². The van der Waals surface area contributed by atoms with E-state index in [1.54, 1.807) is 0 Å². The third-order valence-corrected chi connectivity index (χ3v) is 4.23. The summed E-state index contributed by atoms with van der Waals surface area (Å²) in [7, 11) is 1.88. The lowest BCUT2D eigenvalue weighted by molar-refractivity contribution is 1.19. The molecule has 1 aromatic heterocycles. The van der Waals surface area contributed by atoms with E-state index in [-0.39, 0.29) is 0 Å². The number of aromatic nitrogens is 2. The van der Waals surface area contributed by atoms with Crippen molar-refractivity contribution in [3.63, 3.8) is 0 Å². The summed E-state index contributed by atoms with van der Waals surface area (Å²) >= 11 is 3.50. The fraction of sp³-hybridized carbons (Fsp3) is 0.176. The number of aryl methyl sites for hydroxylation is 1. The first-order chi connectivity index (χ1) is 10.1. The molecule has 1 heterocycles. The van der Waals surface area contributed by atoms with E-state index in [0.29, 0.717) is 0 Å². The average Bonchev–Trinajstić information content (AvgIpc) is 2.49. The summed E-state index contributed by atoms with van der Waals surface area (Å²) in [6.45, 7) is 4.22. The standard InChI is InChI=1S/C17H16BrN3/c1-10-5-4-6-13(11(10)2)17-20-15-8-7-12(18)9-14(15)16(19-3)21-17/h4-9H,1-3H3,(H,19,20,21). The zero-order chi connectivity index (χ0) is 15.0. The average molecular weight is 342 g/mol. The van der Waals surface area contributed by atoms with Crippen LogP contribution in [0.1, 0.15) is 11.1 Å². The molecule has 0 unspecified atom stereocenters. The SMILES string of the molecule is CNc1nc(-c2cccc(C)c2C)nc2ccc(Br)cc12. The minimum atomic E-state index is 0.760. The molecular weight excluding hydrogens is 326 g/mol. The van der Waals surface area contributed by atoms with Gasteiger partial charge in [-0.3, -0.25) is 0 Å². The molecular formula is C17H16BrN3. The van der Waals surface area contributed by atoms with E-state index in [0.717, 1.165) is 32.6 Å². The lowest BCUT2D eigenvalue weighted by Crippen LogP contribution is -2.00. The van der Waals surface area contributed by atoms with Crippen LogP contribution in [0.15, 0.2) is 40.9 Å². The van der Waals surface area contributed by atoms with Crippen molar-refractivity contribution in [2.75, 3.05) is 12.4 Å². The van der Waals surface area contributed by atoms with E-state index in [2.05, 4.69) is 52.2 Å². The van der Waals surface area contributed by atoms with Crippen molar-refractivity contribution < 1.29 is 0 Å². The molecule has 0 fully saturated rings. The van der Waals surface area contributed by atoms with Gasteiger partial charge in [0, 0.05) is 22.5 Å². The molecule has 0 radical (unpaired) electrons. The second-order valence-corrected chi connectivity index (χ2v) is 5.97. The minimum absolute atomic E-state index is 0.760. The van der Waals surface area contributed by atoms with Gasteiger partial charge < -0.3 is 5.32 Å². The van der Waals surface area contributed by atoms with Crippen LogP contribution < -0.4 is 5.32 Å². The zero-order valence-corrected chi connectivity index (χ0v) is 13.8. The van der Waals surface area contributed by atoms with Crippen molar-refractivity contribution in [2.45, 2.75) is 13.8 Å². The first-order valence-corrected chi connectivity index (χ1v) is 7.61. The van der Waals surface area contributed by atoms with Crippen LogP contribution in [0.2, 0.25) is 0 Å². The number of nitrogens with one attached hydrogen (secondary N) is 1. The summed E-state index contributed by atoms with van der Waals surface area (Å²) in [4.78, 5) is 9.41. The highest BCUT2D eigenvalue weighted by atomic mass is 79.9. The fourth-order valence-corrected chi connectivity index (χ4v) is 2.77. The summed E-state index contributed by atoms with van der Waals surface area (Å²) in [6, 6.07) is 12.3. The zero-order valence-electron chi connectivity index (χ0n) is 12.2. The van der Waals surface area contributed by atoms with E-state index < -0.39 is 0 Å². The molecule has 0 saturated heterocycles. The molecule has 0 bridgehead atoms. The molecule has 0 atom stereocenters. The molecule has 3 nitrogen and oxygen atoms in total. The van der Waals surface area contributed by atoms with Crippen molar-refractivity contribution in [1.29, 1.82) is 0 Å². The van der Waals surface area contributed by atoms with Gasteiger partial charge in [0.2, 0.25) is 0 Å². The highest BCUT2D eigenvalue weighted by molar-refractivity contribution is 9.10. The molecule has 0 spiro atoms. The van der Waals surface area contributed by atoms with Gasteiger partial charge in [-0.05, 0) is 43.2 Å². The van der Waals surface area contributed by atoms with E-state index >= 15 is 0 Å². The van der Waals surface area contributed by atoms with Crippen LogP contribution in [0.3, 0.4) is 0 Å². The number of fused-ring (bicyclic) bond motifs is 1. The highest BCUT2D eigenvalue weighted by Gasteiger charge is 2.11. The first kappa shape index (κ1) is 14.0. The van der Waals surface area contributed by atoms with Crippen molar-refractivity contribution in [3.05, 3.63) is 52.0 Å². The van der Waals surface area contributed by atoms with Gasteiger partial charge >= 0.3 is 0 Å². The molecule has 21 heavy (non-hydrogen) atoms. The fourth-order valence-electron chi connectivity index (χ4n) is 2.41. The van der Waals surface area contributed by atoms with E-state index in [1.165, 1.54) is 11.1 Å². The van der Waals surface area contributed by atoms with Gasteiger partial charge in [0.15, 0.2) is 5.82 Å². The number of hydrogen-bond donors (Lipinski definition) is 1. The predicted octanol–water partition coefficient (Wildman–Crippen LogP) is 4.72. The maximum absolute atomic E-state index is 4.73. The van der Waals surface area contributed by atoms with E-state index in [1.807, 2.05) is 31.3 Å². The smallest absolute Gasteiger partial charge is 0.162 e. The number of anilines is 1. The van der Waals surface area contributed by atoms with E-state index in [4.69, 9.17) is 4.98 Å². The Kier molecular flexibility index (Phi) is 3.64. The number of hydrogen-bond acceptors (Lipinski definition) is 3. The first-order valence-electron chi connectivity index (χ1n) is 6.82. The van der Waals surface area contributed by atoms with Crippen LogP contribution in [-0.2, 0) is 0 Å². The molecule has 4 heteroatoms. The largest absolute Gasteiger partial charge is 0.373 e. The third-order valence-electron chi connectivity index (χ3n) is 3.74. The quantitative estimate of drug-likeness (QED) is 0.732. The van der Waals surface area contributed by atoms with Gasteiger partial charge in [-0.25, -0.2) is 9.97 Å². The monoisotopic (exact) mass is 341 g/mol. The lowest BCUT2D eigenvalue weighted by Gasteiger charge is -2.11. The maximum Gasteiger partial charge on any atom is 0.162 e. The molecule has 1 N–H and O–H groups in total. The van der Waals surface area contributed by atoms with Crippen molar-refractivity contribution in [1.82, 2.24) is 9.97 Å². The Balaban J connectivity index is 2.29. The molecule has 3 aromatic rings. The van der Waals surface area contributed by atoms with Crippen LogP contribution in [0.5, 0.6) is 0 Å². The van der Waals surface area contributed by atoms with Crippen molar-refractivity contribution in [3.8, 4) is 11.4 Å². The topological polar surface area (TPSA) is 37.8 Å². The molecule has 0 aliphatic carbocycles. The molecule has 3 rings (SSSR count). The Morgan fingerprint density at radius 2 is 1.86 bits per heavy atom. The second-order valence-electron chi connectivity index (χ2n) is 5.05. The van der Waals surface area contributed by atoms with Gasteiger partial charge in [-0.1, -0.05) is 34.1 Å². The summed E-state index contributed by atoms with van der Waals surface area (Å²) in [5.74, 6) is 1.60. The van der Waals surface area contributed by atoms with Gasteiger partial charge in [0.25, 0.3) is 0 Å². The van der Waals surface area contributed by atoms with Crippen LogP contribution >= 0.6 is 15.9 Å². The normalized spacial score (nSPS) is 10.9. The minimum Gasteiger partial charge on any atom is -0.373 e. The third kappa shape index (κ3) is 2.51.